The molecular weight excluding hydrogens is 348 g/mol. The van der Waals surface area contributed by atoms with Crippen molar-refractivity contribution in [3.8, 4) is 0 Å². The van der Waals surface area contributed by atoms with Crippen LogP contribution in [0.3, 0.4) is 0 Å². The van der Waals surface area contributed by atoms with Gasteiger partial charge in [-0.25, -0.2) is 4.79 Å². The van der Waals surface area contributed by atoms with Crippen molar-refractivity contribution in [3.63, 3.8) is 0 Å². The fraction of sp³-hybridized carbons (Fsp3) is 0.158. The zero-order valence-corrected chi connectivity index (χ0v) is 14.4. The van der Waals surface area contributed by atoms with Crippen molar-refractivity contribution in [2.24, 2.45) is 5.73 Å². The Balaban J connectivity index is 1.67. The second kappa shape index (κ2) is 7.69. The first-order valence-electron chi connectivity index (χ1n) is 8.33. The van der Waals surface area contributed by atoms with Crippen LogP contribution in [0.1, 0.15) is 22.3 Å². The third-order valence-electron chi connectivity index (χ3n) is 4.17. The zero-order valence-electron chi connectivity index (χ0n) is 14.4. The highest BCUT2D eigenvalue weighted by Crippen LogP contribution is 2.07. The van der Waals surface area contributed by atoms with E-state index < -0.39 is 17.2 Å². The van der Waals surface area contributed by atoms with Crippen molar-refractivity contribution in [2.75, 3.05) is 0 Å². The normalized spacial score (nSPS) is 10.7. The number of amides is 2. The van der Waals surface area contributed by atoms with Crippen LogP contribution in [-0.2, 0) is 17.9 Å². The molecule has 0 atom stereocenters. The summed E-state index contributed by atoms with van der Waals surface area (Å²) in [7, 11) is 0. The van der Waals surface area contributed by atoms with Gasteiger partial charge in [0.1, 0.15) is 0 Å². The van der Waals surface area contributed by atoms with Gasteiger partial charge in [-0.3, -0.25) is 23.9 Å². The van der Waals surface area contributed by atoms with E-state index in [0.717, 1.165) is 5.56 Å². The van der Waals surface area contributed by atoms with Crippen LogP contribution >= 0.6 is 0 Å². The molecule has 3 aromatic rings. The Hall–Kier alpha value is -3.68. The number of nitrogens with two attached hydrogens (primary N) is 1. The average molecular weight is 366 g/mol. The molecule has 1 aromatic heterocycles. The number of nitrogens with zero attached hydrogens (tertiary/aromatic N) is 1. The lowest BCUT2D eigenvalue weighted by Crippen LogP contribution is -2.32. The molecule has 138 valence electrons. The van der Waals surface area contributed by atoms with Crippen molar-refractivity contribution in [1.82, 2.24) is 14.9 Å². The second-order valence-corrected chi connectivity index (χ2v) is 6.02. The van der Waals surface area contributed by atoms with Gasteiger partial charge in [0.15, 0.2) is 0 Å². The number of aromatic nitrogens is 2. The molecule has 0 saturated heterocycles. The number of aryl methyl sites for hydroxylation is 1. The van der Waals surface area contributed by atoms with Gasteiger partial charge in [-0.2, -0.15) is 0 Å². The number of primary amides is 1. The first-order chi connectivity index (χ1) is 13.0. The smallest absolute Gasteiger partial charge is 0.328 e. The Morgan fingerprint density at radius 3 is 2.63 bits per heavy atom. The number of hydrogen-bond acceptors (Lipinski definition) is 4. The van der Waals surface area contributed by atoms with Crippen LogP contribution in [0.4, 0.5) is 0 Å². The Morgan fingerprint density at radius 2 is 1.85 bits per heavy atom. The highest BCUT2D eigenvalue weighted by atomic mass is 16.2. The summed E-state index contributed by atoms with van der Waals surface area (Å²) >= 11 is 0. The van der Waals surface area contributed by atoms with Gasteiger partial charge in [-0.15, -0.1) is 0 Å². The lowest BCUT2D eigenvalue weighted by atomic mass is 10.1. The quantitative estimate of drug-likeness (QED) is 0.587. The molecule has 2 amide bonds. The summed E-state index contributed by atoms with van der Waals surface area (Å²) in [6, 6.07) is 13.4. The summed E-state index contributed by atoms with van der Waals surface area (Å²) in [4.78, 5) is 49.5. The molecule has 8 nitrogen and oxygen atoms in total. The minimum Gasteiger partial charge on any atom is -0.366 e. The molecule has 3 rings (SSSR count). The van der Waals surface area contributed by atoms with Gasteiger partial charge < -0.3 is 11.1 Å². The summed E-state index contributed by atoms with van der Waals surface area (Å²) in [6.07, 6.45) is 0.0610. The third kappa shape index (κ3) is 4.12. The number of fused-ring (bicyclic) bond motifs is 1. The van der Waals surface area contributed by atoms with Gasteiger partial charge in [0, 0.05) is 25.1 Å². The van der Waals surface area contributed by atoms with E-state index in [2.05, 4.69) is 10.3 Å². The molecule has 0 aliphatic carbocycles. The first-order valence-corrected chi connectivity index (χ1v) is 8.33. The van der Waals surface area contributed by atoms with Crippen molar-refractivity contribution < 1.29 is 9.59 Å². The standard InChI is InChI=1S/C19H18N4O4/c20-17(25)13-5-3-4-12(10-13)11-21-16(24)8-9-23-15-7-2-1-6-14(15)18(26)22-19(23)27/h1-7,10H,8-9,11H2,(H2,20,25)(H,21,24)(H,22,26,27). The third-order valence-corrected chi connectivity index (χ3v) is 4.17. The molecule has 0 fully saturated rings. The SMILES string of the molecule is NC(=O)c1cccc(CNC(=O)CCn2c(=O)[nH]c(=O)c3ccccc32)c1. The Bertz CT molecular complexity index is 1130. The fourth-order valence-corrected chi connectivity index (χ4v) is 2.80. The maximum absolute atomic E-state index is 12.1. The van der Waals surface area contributed by atoms with Crippen LogP contribution in [0, 0.1) is 0 Å². The first kappa shape index (κ1) is 18.1. The van der Waals surface area contributed by atoms with Crippen LogP contribution in [-0.4, -0.2) is 21.4 Å². The van der Waals surface area contributed by atoms with Crippen molar-refractivity contribution in [2.45, 2.75) is 19.5 Å². The Kier molecular flexibility index (Phi) is 5.16. The van der Waals surface area contributed by atoms with Crippen molar-refractivity contribution >= 4 is 22.7 Å². The van der Waals surface area contributed by atoms with Crippen LogP contribution in [0.15, 0.2) is 58.1 Å². The molecule has 4 N–H and O–H groups in total. The van der Waals surface area contributed by atoms with Crippen LogP contribution < -0.4 is 22.3 Å². The molecule has 0 unspecified atom stereocenters. The highest BCUT2D eigenvalue weighted by molar-refractivity contribution is 5.92. The molecule has 0 radical (unpaired) electrons. The molecular formula is C19H18N4O4. The van der Waals surface area contributed by atoms with E-state index in [-0.39, 0.29) is 25.4 Å². The van der Waals surface area contributed by atoms with Gasteiger partial charge >= 0.3 is 5.69 Å². The number of para-hydroxylation sites is 1. The van der Waals surface area contributed by atoms with E-state index in [1.165, 1.54) is 4.57 Å². The van der Waals surface area contributed by atoms with Gasteiger partial charge in [0.25, 0.3) is 5.56 Å². The van der Waals surface area contributed by atoms with Crippen LogP contribution in [0.25, 0.3) is 10.9 Å². The fourth-order valence-electron chi connectivity index (χ4n) is 2.80. The number of nitrogens with one attached hydrogen (secondary N) is 2. The summed E-state index contributed by atoms with van der Waals surface area (Å²) < 4.78 is 1.37. The molecule has 1 heterocycles. The minimum absolute atomic E-state index is 0.0610. The maximum atomic E-state index is 12.1. The lowest BCUT2D eigenvalue weighted by Gasteiger charge is -2.10. The molecule has 2 aromatic carbocycles. The van der Waals surface area contributed by atoms with Gasteiger partial charge in [0.2, 0.25) is 11.8 Å². The van der Waals surface area contributed by atoms with E-state index in [1.54, 1.807) is 48.5 Å². The molecule has 0 saturated carbocycles. The predicted octanol–water partition coefficient (Wildman–Crippen LogP) is 0.495. The molecule has 27 heavy (non-hydrogen) atoms. The molecule has 0 spiro atoms. The summed E-state index contributed by atoms with van der Waals surface area (Å²) in [5, 5.41) is 3.13. The Labute approximate surface area is 153 Å². The van der Waals surface area contributed by atoms with E-state index in [9.17, 15) is 19.2 Å². The highest BCUT2D eigenvalue weighted by Gasteiger charge is 2.09. The number of hydrogen-bond donors (Lipinski definition) is 3. The number of rotatable bonds is 6. The number of benzene rings is 2. The maximum Gasteiger partial charge on any atom is 0.328 e. The number of H-pyrrole nitrogens is 1. The molecule has 8 heteroatoms. The summed E-state index contributed by atoms with van der Waals surface area (Å²) in [5.74, 6) is -0.797. The lowest BCUT2D eigenvalue weighted by molar-refractivity contribution is -0.121. The van der Waals surface area contributed by atoms with E-state index >= 15 is 0 Å². The minimum atomic E-state index is -0.555. The van der Waals surface area contributed by atoms with E-state index in [4.69, 9.17) is 5.73 Å². The summed E-state index contributed by atoms with van der Waals surface area (Å²) in [6.45, 7) is 0.366. The zero-order chi connectivity index (χ0) is 19.4. The average Bonchev–Trinajstić information content (AvgIpc) is 2.66. The van der Waals surface area contributed by atoms with E-state index in [0.29, 0.717) is 16.5 Å². The summed E-state index contributed by atoms with van der Waals surface area (Å²) in [5.41, 5.74) is 5.82. The second-order valence-electron chi connectivity index (χ2n) is 6.02. The number of carbonyl (C=O) groups is 2. The molecule has 0 aliphatic heterocycles. The number of carbonyl (C=O) groups excluding carboxylic acids is 2. The monoisotopic (exact) mass is 366 g/mol. The number of aromatic amines is 1. The van der Waals surface area contributed by atoms with Crippen molar-refractivity contribution in [1.29, 1.82) is 0 Å². The van der Waals surface area contributed by atoms with Crippen molar-refractivity contribution in [3.05, 3.63) is 80.5 Å². The Morgan fingerprint density at radius 1 is 1.07 bits per heavy atom. The van der Waals surface area contributed by atoms with Crippen LogP contribution in [0.5, 0.6) is 0 Å². The van der Waals surface area contributed by atoms with Gasteiger partial charge in [-0.1, -0.05) is 24.3 Å². The molecule has 0 aliphatic rings. The van der Waals surface area contributed by atoms with Gasteiger partial charge in [0.05, 0.1) is 10.9 Å². The topological polar surface area (TPSA) is 127 Å². The molecule has 0 bridgehead atoms. The van der Waals surface area contributed by atoms with Crippen LogP contribution in [0.2, 0.25) is 0 Å². The van der Waals surface area contributed by atoms with E-state index in [1.807, 2.05) is 0 Å². The predicted molar refractivity (Wildman–Crippen MR) is 100 cm³/mol. The largest absolute Gasteiger partial charge is 0.366 e. The van der Waals surface area contributed by atoms with Gasteiger partial charge in [-0.05, 0) is 29.8 Å².